The second-order valence-corrected chi connectivity index (χ2v) is 8.52. The van der Waals surface area contributed by atoms with E-state index in [-0.39, 0.29) is 0 Å². The van der Waals surface area contributed by atoms with Gasteiger partial charge in [0.15, 0.2) is 0 Å². The van der Waals surface area contributed by atoms with Crippen molar-refractivity contribution in [1.29, 1.82) is 0 Å². The van der Waals surface area contributed by atoms with Gasteiger partial charge in [-0.25, -0.2) is 0 Å². The van der Waals surface area contributed by atoms with Crippen LogP contribution in [0, 0.1) is 0 Å². The summed E-state index contributed by atoms with van der Waals surface area (Å²) >= 11 is 0. The summed E-state index contributed by atoms with van der Waals surface area (Å²) in [4.78, 5) is 0. The van der Waals surface area contributed by atoms with E-state index in [1.807, 2.05) is 0 Å². The van der Waals surface area contributed by atoms with Crippen LogP contribution in [0.4, 0.5) is 0 Å². The van der Waals surface area contributed by atoms with Crippen LogP contribution in [-0.4, -0.2) is 13.1 Å². The third-order valence-electron chi connectivity index (χ3n) is 5.87. The maximum absolute atomic E-state index is 3.64. The fraction of sp³-hybridized carbons (Fsp3) is 0.920. The maximum Gasteiger partial charge on any atom is -0.00489 e. The summed E-state index contributed by atoms with van der Waals surface area (Å²) in [5, 5.41) is 3.64. The van der Waals surface area contributed by atoms with E-state index >= 15 is 0 Å². The molecule has 0 unspecified atom stereocenters. The highest BCUT2D eigenvalue weighted by atomic mass is 14.8. The fourth-order valence-corrected chi connectivity index (χ4v) is 4.04. The van der Waals surface area contributed by atoms with Crippen LogP contribution < -0.4 is 5.32 Å². The molecular formula is C25H49N. The highest BCUT2D eigenvalue weighted by Crippen LogP contribution is 2.13. The minimum absolute atomic E-state index is 1.24. The summed E-state index contributed by atoms with van der Waals surface area (Å²) in [5.41, 5.74) is 0. The molecule has 0 spiro atoms. The Morgan fingerprint density at radius 1 is 0.308 bits per heavy atom. The van der Waals surface area contributed by atoms with Gasteiger partial charge in [0.2, 0.25) is 0 Å². The van der Waals surface area contributed by atoms with Crippen molar-refractivity contribution in [2.45, 2.75) is 135 Å². The van der Waals surface area contributed by atoms with Gasteiger partial charge in [-0.2, -0.15) is 0 Å². The van der Waals surface area contributed by atoms with Crippen LogP contribution in [-0.2, 0) is 0 Å². The Kier molecular flexibility index (Phi) is 19.2. The Hall–Kier alpha value is -0.300. The van der Waals surface area contributed by atoms with Crippen molar-refractivity contribution in [3.05, 3.63) is 12.2 Å². The third kappa shape index (κ3) is 18.5. The second kappa shape index (κ2) is 21.0. The van der Waals surface area contributed by atoms with Gasteiger partial charge in [0.05, 0.1) is 0 Å². The SMILES string of the molecule is C1=CCCCCCCCNCCCCCCCCCCCCCCCC1. The molecule has 0 aliphatic carbocycles. The van der Waals surface area contributed by atoms with Crippen LogP contribution in [0.25, 0.3) is 0 Å². The first-order valence-corrected chi connectivity index (χ1v) is 12.4. The van der Waals surface area contributed by atoms with E-state index in [1.54, 1.807) is 0 Å². The zero-order valence-electron chi connectivity index (χ0n) is 17.9. The molecule has 0 atom stereocenters. The van der Waals surface area contributed by atoms with E-state index in [0.29, 0.717) is 0 Å². The van der Waals surface area contributed by atoms with Crippen LogP contribution in [0.2, 0.25) is 0 Å². The van der Waals surface area contributed by atoms with Gasteiger partial charge in [0.1, 0.15) is 0 Å². The van der Waals surface area contributed by atoms with E-state index < -0.39 is 0 Å². The molecule has 0 saturated heterocycles. The molecule has 0 amide bonds. The molecule has 1 heteroatoms. The summed E-state index contributed by atoms with van der Waals surface area (Å²) in [7, 11) is 0. The largest absolute Gasteiger partial charge is 0.317 e. The Balaban J connectivity index is 2.04. The highest BCUT2D eigenvalue weighted by Gasteiger charge is 1.95. The predicted molar refractivity (Wildman–Crippen MR) is 119 cm³/mol. The summed E-state index contributed by atoms with van der Waals surface area (Å²) in [6, 6.07) is 0. The lowest BCUT2D eigenvalue weighted by atomic mass is 10.0. The normalized spacial score (nSPS) is 23.4. The van der Waals surface area contributed by atoms with Gasteiger partial charge < -0.3 is 5.32 Å². The topological polar surface area (TPSA) is 12.0 Å². The molecule has 154 valence electrons. The van der Waals surface area contributed by atoms with Gasteiger partial charge >= 0.3 is 0 Å². The number of hydrogen-bond acceptors (Lipinski definition) is 1. The van der Waals surface area contributed by atoms with Gasteiger partial charge in [-0.15, -0.1) is 0 Å². The molecule has 1 aliphatic heterocycles. The lowest BCUT2D eigenvalue weighted by Crippen LogP contribution is -2.16. The molecule has 1 nitrogen and oxygen atoms in total. The van der Waals surface area contributed by atoms with Gasteiger partial charge in [0, 0.05) is 0 Å². The summed E-state index contributed by atoms with van der Waals surface area (Å²) in [6.07, 6.45) is 34.9. The van der Waals surface area contributed by atoms with Crippen molar-refractivity contribution in [3.8, 4) is 0 Å². The number of hydrogen-bond donors (Lipinski definition) is 1. The average Bonchev–Trinajstić information content (AvgIpc) is 2.65. The predicted octanol–water partition coefficient (Wildman–Crippen LogP) is 8.34. The van der Waals surface area contributed by atoms with E-state index in [0.717, 1.165) is 0 Å². The van der Waals surface area contributed by atoms with Crippen LogP contribution in [0.1, 0.15) is 135 Å². The molecule has 0 saturated carbocycles. The molecule has 0 radical (unpaired) electrons. The first-order chi connectivity index (χ1) is 13.0. The van der Waals surface area contributed by atoms with Crippen molar-refractivity contribution in [1.82, 2.24) is 5.32 Å². The zero-order valence-corrected chi connectivity index (χ0v) is 17.9. The van der Waals surface area contributed by atoms with Crippen molar-refractivity contribution in [2.24, 2.45) is 0 Å². The van der Waals surface area contributed by atoms with E-state index in [1.165, 1.54) is 148 Å². The minimum Gasteiger partial charge on any atom is -0.317 e. The van der Waals surface area contributed by atoms with Crippen molar-refractivity contribution >= 4 is 0 Å². The van der Waals surface area contributed by atoms with Crippen molar-refractivity contribution in [2.75, 3.05) is 13.1 Å². The Morgan fingerprint density at radius 3 is 0.923 bits per heavy atom. The Bertz CT molecular complexity index is 256. The highest BCUT2D eigenvalue weighted by molar-refractivity contribution is 4.81. The number of nitrogens with one attached hydrogen (secondary N) is 1. The van der Waals surface area contributed by atoms with Crippen molar-refractivity contribution < 1.29 is 0 Å². The molecule has 0 bridgehead atoms. The van der Waals surface area contributed by atoms with Gasteiger partial charge in [-0.1, -0.05) is 108 Å². The monoisotopic (exact) mass is 363 g/mol. The third-order valence-corrected chi connectivity index (χ3v) is 5.87. The molecule has 26 heavy (non-hydrogen) atoms. The summed E-state index contributed by atoms with van der Waals surface area (Å²) in [6.45, 7) is 2.48. The lowest BCUT2D eigenvalue weighted by molar-refractivity contribution is 0.523. The van der Waals surface area contributed by atoms with Crippen LogP contribution in [0.5, 0.6) is 0 Å². The summed E-state index contributed by atoms with van der Waals surface area (Å²) < 4.78 is 0. The quantitative estimate of drug-likeness (QED) is 0.426. The Morgan fingerprint density at radius 2 is 0.577 bits per heavy atom. The first kappa shape index (κ1) is 23.7. The fourth-order valence-electron chi connectivity index (χ4n) is 4.04. The van der Waals surface area contributed by atoms with Gasteiger partial charge in [0.25, 0.3) is 0 Å². The molecule has 1 rings (SSSR count). The maximum atomic E-state index is 3.64. The van der Waals surface area contributed by atoms with Crippen LogP contribution in [0.3, 0.4) is 0 Å². The molecule has 0 aromatic heterocycles. The van der Waals surface area contributed by atoms with E-state index in [9.17, 15) is 0 Å². The second-order valence-electron chi connectivity index (χ2n) is 8.52. The van der Waals surface area contributed by atoms with Crippen LogP contribution in [0.15, 0.2) is 12.2 Å². The van der Waals surface area contributed by atoms with Crippen LogP contribution >= 0.6 is 0 Å². The van der Waals surface area contributed by atoms with Gasteiger partial charge in [-0.05, 0) is 51.6 Å². The zero-order chi connectivity index (χ0) is 18.4. The van der Waals surface area contributed by atoms with E-state index in [4.69, 9.17) is 0 Å². The molecule has 1 N–H and O–H groups in total. The number of rotatable bonds is 0. The molecule has 1 heterocycles. The van der Waals surface area contributed by atoms with Gasteiger partial charge in [-0.3, -0.25) is 0 Å². The minimum atomic E-state index is 1.24. The average molecular weight is 364 g/mol. The molecular weight excluding hydrogens is 314 g/mol. The lowest BCUT2D eigenvalue weighted by Gasteiger charge is -2.06. The molecule has 0 aromatic rings. The smallest absolute Gasteiger partial charge is 0.00489 e. The Labute approximate surface area is 165 Å². The molecule has 1 aliphatic rings. The summed E-state index contributed by atoms with van der Waals surface area (Å²) in [5.74, 6) is 0. The van der Waals surface area contributed by atoms with Crippen molar-refractivity contribution in [3.63, 3.8) is 0 Å². The number of allylic oxidation sites excluding steroid dienone is 2. The molecule has 0 aromatic carbocycles. The standard InChI is InChI=1S/C25H49N/c1-2-4-6-8-10-12-14-16-18-20-22-24-26-25-23-21-19-17-15-13-11-9-7-5-3-1/h8,10,26H,1-7,9,11-25H2. The molecule has 0 fully saturated rings. The van der Waals surface area contributed by atoms with E-state index in [2.05, 4.69) is 17.5 Å². The first-order valence-electron chi connectivity index (χ1n) is 12.4.